The third kappa shape index (κ3) is 7.34. The minimum atomic E-state index is 0.589. The van der Waals surface area contributed by atoms with E-state index in [1.54, 1.807) is 0 Å². The van der Waals surface area contributed by atoms with Crippen LogP contribution in [0.15, 0.2) is 24.3 Å². The number of allylic oxidation sites excluding steroid dienone is 2. The van der Waals surface area contributed by atoms with Gasteiger partial charge in [0.15, 0.2) is 0 Å². The van der Waals surface area contributed by atoms with Crippen molar-refractivity contribution < 1.29 is 0 Å². The van der Waals surface area contributed by atoms with E-state index in [-0.39, 0.29) is 0 Å². The van der Waals surface area contributed by atoms with Crippen molar-refractivity contribution in [2.75, 3.05) is 6.54 Å². The zero-order valence-corrected chi connectivity index (χ0v) is 7.85. The number of nitrogens with one attached hydrogen (secondary N) is 1. The summed E-state index contributed by atoms with van der Waals surface area (Å²) in [6, 6.07) is 0.589. The van der Waals surface area contributed by atoms with E-state index in [9.17, 15) is 0 Å². The molecule has 0 amide bonds. The van der Waals surface area contributed by atoms with Crippen LogP contribution in [0.2, 0.25) is 0 Å². The number of hydrogen-bond acceptors (Lipinski definition) is 1. The predicted octanol–water partition coefficient (Wildman–Crippen LogP) is 2.51. The molecule has 0 radical (unpaired) electrons. The molecule has 0 spiro atoms. The highest BCUT2D eigenvalue weighted by atomic mass is 14.9. The Morgan fingerprint density at radius 2 is 2.18 bits per heavy atom. The summed E-state index contributed by atoms with van der Waals surface area (Å²) < 4.78 is 0. The van der Waals surface area contributed by atoms with E-state index in [1.165, 1.54) is 5.57 Å². The van der Waals surface area contributed by atoms with Gasteiger partial charge in [-0.2, -0.15) is 0 Å². The quantitative estimate of drug-likeness (QED) is 0.598. The summed E-state index contributed by atoms with van der Waals surface area (Å²) in [6.45, 7) is 11.2. The van der Waals surface area contributed by atoms with Crippen molar-refractivity contribution in [1.29, 1.82) is 0 Å². The van der Waals surface area contributed by atoms with Gasteiger partial charge in [-0.25, -0.2) is 0 Å². The molecule has 0 fully saturated rings. The van der Waals surface area contributed by atoms with Crippen molar-refractivity contribution in [2.24, 2.45) is 0 Å². The molecule has 0 aliphatic rings. The van der Waals surface area contributed by atoms with Crippen molar-refractivity contribution in [3.8, 4) is 0 Å². The lowest BCUT2D eigenvalue weighted by Crippen LogP contribution is -2.23. The molecule has 0 atom stereocenters. The maximum Gasteiger partial charge on any atom is 0.00105 e. The van der Waals surface area contributed by atoms with E-state index in [0.717, 1.165) is 13.0 Å². The van der Waals surface area contributed by atoms with Gasteiger partial charge in [-0.3, -0.25) is 0 Å². The van der Waals surface area contributed by atoms with Gasteiger partial charge in [0.2, 0.25) is 0 Å². The van der Waals surface area contributed by atoms with Crippen LogP contribution < -0.4 is 5.32 Å². The molecule has 0 unspecified atom stereocenters. The second-order valence-electron chi connectivity index (χ2n) is 3.11. The SMILES string of the molecule is C=C/C=C(\C)CCNC(C)C. The van der Waals surface area contributed by atoms with Gasteiger partial charge in [-0.05, 0) is 19.9 Å². The highest BCUT2D eigenvalue weighted by molar-refractivity contribution is 5.07. The average molecular weight is 153 g/mol. The molecular formula is C10H19N. The van der Waals surface area contributed by atoms with E-state index in [0.29, 0.717) is 6.04 Å². The molecule has 0 aliphatic heterocycles. The van der Waals surface area contributed by atoms with E-state index >= 15 is 0 Å². The first-order chi connectivity index (χ1) is 5.16. The van der Waals surface area contributed by atoms with E-state index in [1.807, 2.05) is 6.08 Å². The second kappa shape index (κ2) is 6.17. The molecule has 0 aromatic rings. The van der Waals surface area contributed by atoms with Crippen LogP contribution in [-0.4, -0.2) is 12.6 Å². The molecule has 0 saturated carbocycles. The number of hydrogen-bond donors (Lipinski definition) is 1. The second-order valence-corrected chi connectivity index (χ2v) is 3.11. The van der Waals surface area contributed by atoms with Crippen molar-refractivity contribution in [3.63, 3.8) is 0 Å². The molecule has 0 bridgehead atoms. The zero-order valence-electron chi connectivity index (χ0n) is 7.85. The largest absolute Gasteiger partial charge is 0.314 e. The van der Waals surface area contributed by atoms with Crippen LogP contribution in [0, 0.1) is 0 Å². The van der Waals surface area contributed by atoms with Gasteiger partial charge in [-0.1, -0.05) is 38.2 Å². The first kappa shape index (κ1) is 10.4. The highest BCUT2D eigenvalue weighted by Crippen LogP contribution is 1.97. The maximum absolute atomic E-state index is 3.65. The van der Waals surface area contributed by atoms with Crippen LogP contribution in [0.5, 0.6) is 0 Å². The summed E-state index contributed by atoms with van der Waals surface area (Å²) in [4.78, 5) is 0. The van der Waals surface area contributed by atoms with Crippen LogP contribution in [-0.2, 0) is 0 Å². The third-order valence-electron chi connectivity index (χ3n) is 1.47. The molecule has 0 aromatic heterocycles. The Balaban J connectivity index is 3.38. The lowest BCUT2D eigenvalue weighted by atomic mass is 10.2. The van der Waals surface area contributed by atoms with Gasteiger partial charge in [0.25, 0.3) is 0 Å². The molecule has 1 N–H and O–H groups in total. The maximum atomic E-state index is 3.65. The predicted molar refractivity (Wildman–Crippen MR) is 51.7 cm³/mol. The Morgan fingerprint density at radius 1 is 1.55 bits per heavy atom. The zero-order chi connectivity index (χ0) is 8.69. The van der Waals surface area contributed by atoms with E-state index in [2.05, 4.69) is 38.7 Å². The molecule has 1 nitrogen and oxygen atoms in total. The van der Waals surface area contributed by atoms with Crippen LogP contribution in [0.25, 0.3) is 0 Å². The Hall–Kier alpha value is -0.560. The standard InChI is InChI=1S/C10H19N/c1-5-6-10(4)7-8-11-9(2)3/h5-6,9,11H,1,7-8H2,2-4H3/b10-6+. The van der Waals surface area contributed by atoms with Crippen molar-refractivity contribution >= 4 is 0 Å². The minimum Gasteiger partial charge on any atom is -0.314 e. The number of rotatable bonds is 5. The van der Waals surface area contributed by atoms with Crippen LogP contribution in [0.3, 0.4) is 0 Å². The fraction of sp³-hybridized carbons (Fsp3) is 0.600. The van der Waals surface area contributed by atoms with Crippen molar-refractivity contribution in [1.82, 2.24) is 5.32 Å². The fourth-order valence-electron chi connectivity index (χ4n) is 0.843. The van der Waals surface area contributed by atoms with Crippen LogP contribution in [0.4, 0.5) is 0 Å². The van der Waals surface area contributed by atoms with Gasteiger partial charge in [-0.15, -0.1) is 0 Å². The Kier molecular flexibility index (Phi) is 5.86. The molecule has 0 aliphatic carbocycles. The summed E-state index contributed by atoms with van der Waals surface area (Å²) in [5.74, 6) is 0. The highest BCUT2D eigenvalue weighted by Gasteiger charge is 1.91. The molecular weight excluding hydrogens is 134 g/mol. The summed E-state index contributed by atoms with van der Waals surface area (Å²) in [5, 5.41) is 3.36. The Bertz CT molecular complexity index is 134. The van der Waals surface area contributed by atoms with Crippen molar-refractivity contribution in [2.45, 2.75) is 33.2 Å². The summed E-state index contributed by atoms with van der Waals surface area (Å²) >= 11 is 0. The van der Waals surface area contributed by atoms with Crippen molar-refractivity contribution in [3.05, 3.63) is 24.3 Å². The monoisotopic (exact) mass is 153 g/mol. The lowest BCUT2D eigenvalue weighted by molar-refractivity contribution is 0.589. The van der Waals surface area contributed by atoms with Gasteiger partial charge < -0.3 is 5.32 Å². The van der Waals surface area contributed by atoms with Gasteiger partial charge in [0.1, 0.15) is 0 Å². The molecule has 0 rings (SSSR count). The lowest BCUT2D eigenvalue weighted by Gasteiger charge is -2.07. The summed E-state index contributed by atoms with van der Waals surface area (Å²) in [6.07, 6.45) is 5.01. The van der Waals surface area contributed by atoms with E-state index in [4.69, 9.17) is 0 Å². The van der Waals surface area contributed by atoms with E-state index < -0.39 is 0 Å². The molecule has 0 saturated heterocycles. The molecule has 64 valence electrons. The van der Waals surface area contributed by atoms with Crippen LogP contribution >= 0.6 is 0 Å². The Morgan fingerprint density at radius 3 is 2.64 bits per heavy atom. The fourth-order valence-corrected chi connectivity index (χ4v) is 0.843. The minimum absolute atomic E-state index is 0.589. The Labute approximate surface area is 70.2 Å². The normalized spacial score (nSPS) is 12.2. The van der Waals surface area contributed by atoms with Gasteiger partial charge in [0.05, 0.1) is 0 Å². The average Bonchev–Trinajstić information content (AvgIpc) is 1.87. The third-order valence-corrected chi connectivity index (χ3v) is 1.47. The molecule has 0 aromatic carbocycles. The van der Waals surface area contributed by atoms with Gasteiger partial charge in [0, 0.05) is 6.04 Å². The topological polar surface area (TPSA) is 12.0 Å². The molecule has 11 heavy (non-hydrogen) atoms. The summed E-state index contributed by atoms with van der Waals surface area (Å²) in [7, 11) is 0. The first-order valence-electron chi connectivity index (χ1n) is 4.18. The molecule has 0 heterocycles. The summed E-state index contributed by atoms with van der Waals surface area (Å²) in [5.41, 5.74) is 1.38. The molecule has 1 heteroatoms. The van der Waals surface area contributed by atoms with Crippen LogP contribution in [0.1, 0.15) is 27.2 Å². The first-order valence-corrected chi connectivity index (χ1v) is 4.18. The smallest absolute Gasteiger partial charge is 0.00105 e. The van der Waals surface area contributed by atoms with Gasteiger partial charge >= 0.3 is 0 Å².